The topological polar surface area (TPSA) is 75.8 Å². The molecule has 1 N–H and O–H groups in total. The fraction of sp³-hybridized carbons (Fsp3) is 0.500. The van der Waals surface area contributed by atoms with Crippen molar-refractivity contribution in [1.29, 1.82) is 0 Å². The predicted molar refractivity (Wildman–Crippen MR) is 87.5 cm³/mol. The molecule has 7 heteroatoms. The lowest BCUT2D eigenvalue weighted by molar-refractivity contribution is 0.0270. The second kappa shape index (κ2) is 6.05. The van der Waals surface area contributed by atoms with Crippen molar-refractivity contribution in [2.75, 3.05) is 13.1 Å². The summed E-state index contributed by atoms with van der Waals surface area (Å²) in [6.45, 7) is 6.12. The maximum Gasteiger partial charge on any atom is 0.410 e. The molecular formula is C16H20N2O4S. The average molecular weight is 336 g/mol. The molecule has 2 atom stereocenters. The smallest absolute Gasteiger partial charge is 0.410 e. The molecule has 1 saturated heterocycles. The van der Waals surface area contributed by atoms with Crippen molar-refractivity contribution in [3.8, 4) is 0 Å². The second-order valence-corrected chi connectivity index (χ2v) is 7.75. The molecule has 1 aromatic carbocycles. The number of carbonyl (C=O) groups is 1. The Morgan fingerprint density at radius 3 is 2.83 bits per heavy atom. The second-order valence-electron chi connectivity index (χ2n) is 6.56. The number of nitrogens with zero attached hydrogens (tertiary/aromatic N) is 2. The molecule has 124 valence electrons. The van der Waals surface area contributed by atoms with Crippen molar-refractivity contribution < 1.29 is 19.1 Å². The summed E-state index contributed by atoms with van der Waals surface area (Å²) in [5, 5.41) is 10.5. The quantitative estimate of drug-likeness (QED) is 0.909. The van der Waals surface area contributed by atoms with E-state index in [1.807, 2.05) is 45.0 Å². The first-order valence-electron chi connectivity index (χ1n) is 7.50. The molecular weight excluding hydrogens is 316 g/mol. The number of rotatable bonds is 2. The molecule has 0 spiro atoms. The Morgan fingerprint density at radius 2 is 2.13 bits per heavy atom. The zero-order valence-corrected chi connectivity index (χ0v) is 14.2. The van der Waals surface area contributed by atoms with Gasteiger partial charge in [-0.1, -0.05) is 23.9 Å². The van der Waals surface area contributed by atoms with Crippen molar-refractivity contribution in [3.63, 3.8) is 0 Å². The zero-order chi connectivity index (χ0) is 16.6. The van der Waals surface area contributed by atoms with Crippen LogP contribution < -0.4 is 0 Å². The highest BCUT2D eigenvalue weighted by atomic mass is 32.2. The molecule has 0 saturated carbocycles. The molecule has 1 aromatic heterocycles. The molecule has 1 fully saturated rings. The molecule has 2 aromatic rings. The Bertz CT molecular complexity index is 676. The molecule has 6 nitrogen and oxygen atoms in total. The van der Waals surface area contributed by atoms with E-state index in [1.165, 1.54) is 16.7 Å². The summed E-state index contributed by atoms with van der Waals surface area (Å²) >= 11 is 1.35. The predicted octanol–water partition coefficient (Wildman–Crippen LogP) is 2.90. The van der Waals surface area contributed by atoms with Crippen molar-refractivity contribution in [1.82, 2.24) is 9.88 Å². The average Bonchev–Trinajstić information content (AvgIpc) is 3.01. The molecule has 3 rings (SSSR count). The third-order valence-corrected chi connectivity index (χ3v) is 4.56. The summed E-state index contributed by atoms with van der Waals surface area (Å²) in [6.07, 6.45) is -1.04. The number of amides is 1. The zero-order valence-electron chi connectivity index (χ0n) is 13.4. The van der Waals surface area contributed by atoms with E-state index in [4.69, 9.17) is 9.15 Å². The first-order chi connectivity index (χ1) is 10.8. The number of likely N-dealkylation sites (tertiary alicyclic amines) is 1. The summed E-state index contributed by atoms with van der Waals surface area (Å²) in [7, 11) is 0. The Labute approximate surface area is 138 Å². The fourth-order valence-corrected chi connectivity index (χ4v) is 3.42. The standard InChI is InChI=1S/C16H20N2O4S/c1-16(2,3)22-15(20)18-8-11(19)13(9-18)23-14-17-10-6-4-5-7-12(10)21-14/h4-7,11,13,19H,8-9H2,1-3H3/t11-,13-/m1/s1. The van der Waals surface area contributed by atoms with Crippen LogP contribution in [0.5, 0.6) is 0 Å². The maximum absolute atomic E-state index is 12.1. The van der Waals surface area contributed by atoms with Crippen LogP contribution >= 0.6 is 11.8 Å². The number of aliphatic hydroxyl groups excluding tert-OH is 1. The number of benzene rings is 1. The number of oxazole rings is 1. The molecule has 1 amide bonds. The van der Waals surface area contributed by atoms with Gasteiger partial charge in [0.25, 0.3) is 5.22 Å². The van der Waals surface area contributed by atoms with E-state index in [0.29, 0.717) is 17.4 Å². The van der Waals surface area contributed by atoms with Crippen LogP contribution in [0.3, 0.4) is 0 Å². The summed E-state index contributed by atoms with van der Waals surface area (Å²) in [5.41, 5.74) is 0.950. The van der Waals surface area contributed by atoms with Crippen LogP contribution in [0.15, 0.2) is 33.9 Å². The van der Waals surface area contributed by atoms with Gasteiger partial charge in [0.2, 0.25) is 0 Å². The van der Waals surface area contributed by atoms with Gasteiger partial charge in [-0.25, -0.2) is 9.78 Å². The van der Waals surface area contributed by atoms with Gasteiger partial charge in [0, 0.05) is 6.54 Å². The first-order valence-corrected chi connectivity index (χ1v) is 8.38. The van der Waals surface area contributed by atoms with Gasteiger partial charge in [0.1, 0.15) is 11.1 Å². The molecule has 0 unspecified atom stereocenters. The van der Waals surface area contributed by atoms with Crippen LogP contribution in [0, 0.1) is 0 Å². The molecule has 1 aliphatic heterocycles. The van der Waals surface area contributed by atoms with Crippen LogP contribution in [0.4, 0.5) is 4.79 Å². The number of para-hydroxylation sites is 2. The summed E-state index contributed by atoms with van der Waals surface area (Å²) in [4.78, 5) is 18.0. The number of carbonyl (C=O) groups excluding carboxylic acids is 1. The Morgan fingerprint density at radius 1 is 1.39 bits per heavy atom. The van der Waals surface area contributed by atoms with Gasteiger partial charge in [0.15, 0.2) is 5.58 Å². The largest absolute Gasteiger partial charge is 0.444 e. The number of fused-ring (bicyclic) bond motifs is 1. The molecule has 0 aliphatic carbocycles. The molecule has 0 radical (unpaired) electrons. The van der Waals surface area contributed by atoms with Crippen LogP contribution in [-0.4, -0.2) is 51.1 Å². The SMILES string of the molecule is CC(C)(C)OC(=O)N1C[C@@H](O)[C@H](Sc2nc3ccccc3o2)C1. The highest BCUT2D eigenvalue weighted by molar-refractivity contribution is 7.99. The number of thioether (sulfide) groups is 1. The number of hydrogen-bond acceptors (Lipinski definition) is 6. The summed E-state index contributed by atoms with van der Waals surface area (Å²) in [6, 6.07) is 7.51. The number of hydrogen-bond donors (Lipinski definition) is 1. The monoisotopic (exact) mass is 336 g/mol. The van der Waals surface area contributed by atoms with Crippen LogP contribution in [0.25, 0.3) is 11.1 Å². The normalized spacial score (nSPS) is 21.8. The molecule has 0 bridgehead atoms. The van der Waals surface area contributed by atoms with Crippen molar-refractivity contribution in [2.24, 2.45) is 0 Å². The van der Waals surface area contributed by atoms with Gasteiger partial charge in [-0.05, 0) is 32.9 Å². The van der Waals surface area contributed by atoms with E-state index >= 15 is 0 Å². The number of aromatic nitrogens is 1. The van der Waals surface area contributed by atoms with E-state index in [-0.39, 0.29) is 11.8 Å². The molecule has 1 aliphatic rings. The van der Waals surface area contributed by atoms with Crippen molar-refractivity contribution in [2.45, 2.75) is 42.9 Å². The lowest BCUT2D eigenvalue weighted by Gasteiger charge is -2.24. The highest BCUT2D eigenvalue weighted by Crippen LogP contribution is 2.32. The maximum atomic E-state index is 12.1. The summed E-state index contributed by atoms with van der Waals surface area (Å²) < 4.78 is 11.0. The highest BCUT2D eigenvalue weighted by Gasteiger charge is 2.37. The molecule has 23 heavy (non-hydrogen) atoms. The van der Waals surface area contributed by atoms with Crippen LogP contribution in [-0.2, 0) is 4.74 Å². The minimum absolute atomic E-state index is 0.185. The van der Waals surface area contributed by atoms with E-state index in [9.17, 15) is 9.90 Å². The Balaban J connectivity index is 1.66. The number of β-amino-alcohol motifs (C(OH)–C–C–N with tert-alkyl or cyclic N) is 1. The van der Waals surface area contributed by atoms with E-state index in [1.54, 1.807) is 0 Å². The van der Waals surface area contributed by atoms with Gasteiger partial charge in [-0.15, -0.1) is 0 Å². The fourth-order valence-electron chi connectivity index (χ4n) is 2.38. The van der Waals surface area contributed by atoms with Crippen molar-refractivity contribution in [3.05, 3.63) is 24.3 Å². The van der Waals surface area contributed by atoms with Gasteiger partial charge < -0.3 is 19.2 Å². The van der Waals surface area contributed by atoms with Crippen molar-refractivity contribution >= 4 is 29.0 Å². The van der Waals surface area contributed by atoms with E-state index < -0.39 is 17.8 Å². The Hall–Kier alpha value is -1.73. The third kappa shape index (κ3) is 3.79. The number of aliphatic hydroxyl groups is 1. The lowest BCUT2D eigenvalue weighted by atomic mass is 10.2. The Kier molecular flexibility index (Phi) is 4.25. The minimum atomic E-state index is -0.637. The summed E-state index contributed by atoms with van der Waals surface area (Å²) in [5.74, 6) is 0. The molecule has 2 heterocycles. The first kappa shape index (κ1) is 16.1. The third-order valence-electron chi connectivity index (χ3n) is 3.42. The minimum Gasteiger partial charge on any atom is -0.444 e. The number of ether oxygens (including phenoxy) is 1. The lowest BCUT2D eigenvalue weighted by Crippen LogP contribution is -2.35. The van der Waals surface area contributed by atoms with Gasteiger partial charge in [-0.3, -0.25) is 0 Å². The van der Waals surface area contributed by atoms with E-state index in [0.717, 1.165) is 5.52 Å². The van der Waals surface area contributed by atoms with Crippen LogP contribution in [0.1, 0.15) is 20.8 Å². The van der Waals surface area contributed by atoms with Gasteiger partial charge >= 0.3 is 6.09 Å². The van der Waals surface area contributed by atoms with Crippen LogP contribution in [0.2, 0.25) is 0 Å². The van der Waals surface area contributed by atoms with Gasteiger partial charge in [0.05, 0.1) is 17.9 Å². The van der Waals surface area contributed by atoms with E-state index in [2.05, 4.69) is 4.98 Å². The van der Waals surface area contributed by atoms with Gasteiger partial charge in [-0.2, -0.15) is 0 Å².